The fraction of sp³-hybridized carbons (Fsp3) is 0.591. The Morgan fingerprint density at radius 2 is 1.81 bits per heavy atom. The van der Waals surface area contributed by atoms with E-state index in [1.807, 2.05) is 0 Å². The molecule has 4 nitrogen and oxygen atoms in total. The van der Waals surface area contributed by atoms with Gasteiger partial charge in [0.05, 0.1) is 19.1 Å². The molecule has 1 N–H and O–H groups in total. The van der Waals surface area contributed by atoms with Crippen LogP contribution in [0.1, 0.15) is 38.8 Å². The third kappa shape index (κ3) is 4.54. The fourth-order valence-electron chi connectivity index (χ4n) is 3.93. The third-order valence-corrected chi connectivity index (χ3v) is 5.71. The summed E-state index contributed by atoms with van der Waals surface area (Å²) in [5, 5.41) is 3.13. The van der Waals surface area contributed by atoms with Crippen molar-refractivity contribution in [3.05, 3.63) is 47.0 Å². The number of rotatable bonds is 6. The Morgan fingerprint density at radius 3 is 2.42 bits per heavy atom. The maximum absolute atomic E-state index is 12.6. The molecule has 0 spiro atoms. The van der Waals surface area contributed by atoms with E-state index < -0.39 is 0 Å². The van der Waals surface area contributed by atoms with Gasteiger partial charge in [-0.2, -0.15) is 0 Å². The standard InChI is InChI=1S/C22H32N2O2/c1-16(2)13-19-20(22(19,3)4)21(25)23-14-17-5-7-18(8-6-17)15-24-9-11-26-12-10-24/h5-8,13,19-20H,9-12,14-15H2,1-4H3,(H,23,25). The topological polar surface area (TPSA) is 41.6 Å². The summed E-state index contributed by atoms with van der Waals surface area (Å²) in [4.78, 5) is 15.0. The molecule has 3 rings (SSSR count). The van der Waals surface area contributed by atoms with Crippen LogP contribution in [0, 0.1) is 17.3 Å². The quantitative estimate of drug-likeness (QED) is 0.795. The zero-order valence-electron chi connectivity index (χ0n) is 16.5. The maximum Gasteiger partial charge on any atom is 0.224 e. The molecule has 1 aliphatic carbocycles. The molecule has 1 aliphatic heterocycles. The average Bonchev–Trinajstić information content (AvgIpc) is 3.14. The van der Waals surface area contributed by atoms with Gasteiger partial charge in [-0.1, -0.05) is 49.8 Å². The Kier molecular flexibility index (Phi) is 5.83. The molecule has 26 heavy (non-hydrogen) atoms. The molecule has 4 heteroatoms. The number of nitrogens with one attached hydrogen (secondary N) is 1. The SMILES string of the molecule is CC(C)=CC1C(C(=O)NCc2ccc(CN3CCOCC3)cc2)C1(C)C. The molecule has 0 aromatic heterocycles. The summed E-state index contributed by atoms with van der Waals surface area (Å²) in [6.07, 6.45) is 2.24. The molecule has 0 bridgehead atoms. The fourth-order valence-corrected chi connectivity index (χ4v) is 3.93. The minimum absolute atomic E-state index is 0.0728. The van der Waals surface area contributed by atoms with E-state index in [4.69, 9.17) is 4.74 Å². The summed E-state index contributed by atoms with van der Waals surface area (Å²) in [5.74, 6) is 0.635. The molecule has 1 aromatic carbocycles. The zero-order chi connectivity index (χ0) is 18.7. The lowest BCUT2D eigenvalue weighted by Gasteiger charge is -2.26. The van der Waals surface area contributed by atoms with E-state index in [9.17, 15) is 4.79 Å². The second-order valence-electron chi connectivity index (χ2n) is 8.49. The predicted octanol–water partition coefficient (Wildman–Crippen LogP) is 3.37. The number of hydrogen-bond acceptors (Lipinski definition) is 3. The highest BCUT2D eigenvalue weighted by Gasteiger charge is 2.60. The predicted molar refractivity (Wildman–Crippen MR) is 105 cm³/mol. The van der Waals surface area contributed by atoms with Gasteiger partial charge < -0.3 is 10.1 Å². The van der Waals surface area contributed by atoms with Crippen LogP contribution in [0.5, 0.6) is 0 Å². The van der Waals surface area contributed by atoms with Crippen molar-refractivity contribution >= 4 is 5.91 Å². The molecule has 142 valence electrons. The molecule has 1 heterocycles. The van der Waals surface area contributed by atoms with E-state index in [0.29, 0.717) is 12.5 Å². The van der Waals surface area contributed by atoms with Crippen molar-refractivity contribution in [3.63, 3.8) is 0 Å². The van der Waals surface area contributed by atoms with Crippen molar-refractivity contribution in [1.29, 1.82) is 0 Å². The van der Waals surface area contributed by atoms with Gasteiger partial charge in [0.1, 0.15) is 0 Å². The molecule has 2 fully saturated rings. The lowest BCUT2D eigenvalue weighted by molar-refractivity contribution is -0.123. The van der Waals surface area contributed by atoms with Crippen molar-refractivity contribution in [2.45, 2.75) is 40.8 Å². The minimum Gasteiger partial charge on any atom is -0.379 e. The van der Waals surface area contributed by atoms with Crippen molar-refractivity contribution in [1.82, 2.24) is 10.2 Å². The first-order valence-electron chi connectivity index (χ1n) is 9.68. The van der Waals surface area contributed by atoms with E-state index in [1.165, 1.54) is 11.1 Å². The molecule has 1 amide bonds. The Morgan fingerprint density at radius 1 is 1.19 bits per heavy atom. The average molecular weight is 357 g/mol. The molecular weight excluding hydrogens is 324 g/mol. The lowest BCUT2D eigenvalue weighted by Crippen LogP contribution is -2.35. The number of hydrogen-bond donors (Lipinski definition) is 1. The number of carbonyl (C=O) groups is 1. The van der Waals surface area contributed by atoms with Crippen LogP contribution in [0.15, 0.2) is 35.9 Å². The normalized spacial score (nSPS) is 24.8. The minimum atomic E-state index is 0.0728. The highest BCUT2D eigenvalue weighted by molar-refractivity contribution is 5.83. The third-order valence-electron chi connectivity index (χ3n) is 5.71. The monoisotopic (exact) mass is 356 g/mol. The van der Waals surface area contributed by atoms with Crippen molar-refractivity contribution < 1.29 is 9.53 Å². The second kappa shape index (κ2) is 7.93. The van der Waals surface area contributed by atoms with Crippen LogP contribution >= 0.6 is 0 Å². The number of allylic oxidation sites excluding steroid dienone is 2. The van der Waals surface area contributed by atoms with Gasteiger partial charge >= 0.3 is 0 Å². The van der Waals surface area contributed by atoms with E-state index in [-0.39, 0.29) is 17.2 Å². The van der Waals surface area contributed by atoms with Crippen molar-refractivity contribution in [2.75, 3.05) is 26.3 Å². The number of morpholine rings is 1. The van der Waals surface area contributed by atoms with Crippen LogP contribution < -0.4 is 5.32 Å². The number of nitrogens with zero attached hydrogens (tertiary/aromatic N) is 1. The van der Waals surface area contributed by atoms with Gasteiger partial charge in [0.15, 0.2) is 0 Å². The number of ether oxygens (including phenoxy) is 1. The molecule has 0 radical (unpaired) electrons. The first-order chi connectivity index (χ1) is 12.4. The summed E-state index contributed by atoms with van der Waals surface area (Å²) >= 11 is 0. The van der Waals surface area contributed by atoms with Crippen molar-refractivity contribution in [3.8, 4) is 0 Å². The molecule has 2 unspecified atom stereocenters. The first kappa shape index (κ1) is 19.1. The molecule has 1 saturated heterocycles. The van der Waals surface area contributed by atoms with Crippen molar-refractivity contribution in [2.24, 2.45) is 17.3 Å². The highest BCUT2D eigenvalue weighted by atomic mass is 16.5. The summed E-state index contributed by atoms with van der Waals surface area (Å²) in [7, 11) is 0. The summed E-state index contributed by atoms with van der Waals surface area (Å²) in [6, 6.07) is 8.59. The molecule has 2 aliphatic rings. The van der Waals surface area contributed by atoms with Gasteiger partial charge in [0.25, 0.3) is 0 Å². The Labute approximate surface area is 157 Å². The smallest absolute Gasteiger partial charge is 0.224 e. The summed E-state index contributed by atoms with van der Waals surface area (Å²) in [5.41, 5.74) is 3.83. The molecular formula is C22H32N2O2. The van der Waals surface area contributed by atoms with Crippen LogP contribution in [0.2, 0.25) is 0 Å². The summed E-state index contributed by atoms with van der Waals surface area (Å²) in [6.45, 7) is 13.8. The van der Waals surface area contributed by atoms with Gasteiger partial charge in [0, 0.05) is 26.2 Å². The first-order valence-corrected chi connectivity index (χ1v) is 9.68. The number of carbonyl (C=O) groups excluding carboxylic acids is 1. The summed E-state index contributed by atoms with van der Waals surface area (Å²) < 4.78 is 5.39. The van der Waals surface area contributed by atoms with E-state index in [2.05, 4.69) is 68.3 Å². The Bertz CT molecular complexity index is 653. The van der Waals surface area contributed by atoms with E-state index in [0.717, 1.165) is 38.4 Å². The molecule has 2 atom stereocenters. The van der Waals surface area contributed by atoms with Crippen LogP contribution in [0.4, 0.5) is 0 Å². The van der Waals surface area contributed by atoms with Gasteiger partial charge in [-0.15, -0.1) is 0 Å². The highest BCUT2D eigenvalue weighted by Crippen LogP contribution is 2.59. The van der Waals surface area contributed by atoms with E-state index >= 15 is 0 Å². The van der Waals surface area contributed by atoms with E-state index in [1.54, 1.807) is 0 Å². The zero-order valence-corrected chi connectivity index (χ0v) is 16.5. The molecule has 1 saturated carbocycles. The van der Waals surface area contributed by atoms with Gasteiger partial charge in [-0.3, -0.25) is 9.69 Å². The van der Waals surface area contributed by atoms with Gasteiger partial charge in [0.2, 0.25) is 5.91 Å². The van der Waals surface area contributed by atoms with Crippen LogP contribution in [0.3, 0.4) is 0 Å². The van der Waals surface area contributed by atoms with Crippen LogP contribution in [0.25, 0.3) is 0 Å². The maximum atomic E-state index is 12.6. The number of benzene rings is 1. The molecule has 1 aromatic rings. The second-order valence-corrected chi connectivity index (χ2v) is 8.49. The Balaban J connectivity index is 1.49. The Hall–Kier alpha value is -1.65. The van der Waals surface area contributed by atoms with Gasteiger partial charge in [-0.05, 0) is 36.3 Å². The number of amides is 1. The van der Waals surface area contributed by atoms with Crippen LogP contribution in [-0.4, -0.2) is 37.1 Å². The van der Waals surface area contributed by atoms with Crippen LogP contribution in [-0.2, 0) is 22.6 Å². The largest absolute Gasteiger partial charge is 0.379 e. The lowest BCUT2D eigenvalue weighted by atomic mass is 10.1. The van der Waals surface area contributed by atoms with Gasteiger partial charge in [-0.25, -0.2) is 0 Å².